The number of fused-ring (bicyclic) bond motifs is 1. The van der Waals surface area contributed by atoms with Crippen LogP contribution in [0.1, 0.15) is 11.4 Å². The number of carbonyl (C=O) groups excluding carboxylic acids is 2. The van der Waals surface area contributed by atoms with E-state index < -0.39 is 0 Å². The monoisotopic (exact) mass is 373 g/mol. The maximum Gasteiger partial charge on any atom is 0.240 e. The number of aromatic amines is 1. The van der Waals surface area contributed by atoms with Crippen LogP contribution in [-0.4, -0.2) is 75.4 Å². The van der Waals surface area contributed by atoms with Gasteiger partial charge in [0.1, 0.15) is 5.82 Å². The Morgan fingerprint density at radius 1 is 1.23 bits per heavy atom. The fraction of sp³-hybridized carbons (Fsp3) is 0.500. The summed E-state index contributed by atoms with van der Waals surface area (Å²) in [6, 6.07) is 5.84. The molecule has 1 aromatic heterocycles. The van der Waals surface area contributed by atoms with Crippen molar-refractivity contribution < 1.29 is 9.59 Å². The Morgan fingerprint density at radius 3 is 2.73 bits per heavy atom. The number of benzene rings is 1. The average molecular weight is 373 g/mol. The molecule has 7 nitrogen and oxygen atoms in total. The molecule has 2 aliphatic heterocycles. The number of amides is 2. The van der Waals surface area contributed by atoms with Gasteiger partial charge in [-0.15, -0.1) is 11.8 Å². The lowest BCUT2D eigenvalue weighted by molar-refractivity contribution is -0.140. The van der Waals surface area contributed by atoms with Crippen LogP contribution in [0.4, 0.5) is 0 Å². The predicted octanol–water partition coefficient (Wildman–Crippen LogP) is 0.747. The van der Waals surface area contributed by atoms with Gasteiger partial charge in [-0.1, -0.05) is 6.07 Å². The zero-order chi connectivity index (χ0) is 18.1. The Morgan fingerprint density at radius 2 is 2.00 bits per heavy atom. The van der Waals surface area contributed by atoms with Crippen LogP contribution in [0.3, 0.4) is 0 Å². The highest BCUT2D eigenvalue weighted by molar-refractivity contribution is 7.99. The number of piperazine rings is 1. The fourth-order valence-corrected chi connectivity index (χ4v) is 4.46. The molecular formula is C18H23N5O2S. The number of aromatic nitrogens is 2. The molecule has 0 spiro atoms. The molecule has 0 saturated carbocycles. The first kappa shape index (κ1) is 17.4. The lowest BCUT2D eigenvalue weighted by Gasteiger charge is -2.36. The molecule has 0 aliphatic carbocycles. The van der Waals surface area contributed by atoms with Gasteiger partial charge < -0.3 is 14.8 Å². The molecular weight excluding hydrogens is 350 g/mol. The summed E-state index contributed by atoms with van der Waals surface area (Å²) in [6.07, 6.45) is 0.378. The summed E-state index contributed by atoms with van der Waals surface area (Å²) < 4.78 is 0. The van der Waals surface area contributed by atoms with E-state index in [2.05, 4.69) is 15.3 Å². The minimum absolute atomic E-state index is 0.0631. The van der Waals surface area contributed by atoms with Crippen molar-refractivity contribution in [2.45, 2.75) is 19.4 Å². The number of carbonyl (C=O) groups is 2. The van der Waals surface area contributed by atoms with Gasteiger partial charge in [-0.25, -0.2) is 4.98 Å². The van der Waals surface area contributed by atoms with Crippen LogP contribution in [0.2, 0.25) is 0 Å². The predicted molar refractivity (Wildman–Crippen MR) is 102 cm³/mol. The third-order valence-electron chi connectivity index (χ3n) is 4.98. The van der Waals surface area contributed by atoms with E-state index >= 15 is 0 Å². The van der Waals surface area contributed by atoms with E-state index in [-0.39, 0.29) is 17.9 Å². The molecule has 1 atom stereocenters. The molecule has 0 bridgehead atoms. The van der Waals surface area contributed by atoms with Gasteiger partial charge in [0.15, 0.2) is 0 Å². The third kappa shape index (κ3) is 3.57. The van der Waals surface area contributed by atoms with Gasteiger partial charge >= 0.3 is 0 Å². The Balaban J connectivity index is 1.33. The molecule has 2 N–H and O–H groups in total. The number of imidazole rings is 1. The van der Waals surface area contributed by atoms with Gasteiger partial charge in [0.25, 0.3) is 0 Å². The van der Waals surface area contributed by atoms with Gasteiger partial charge in [-0.3, -0.25) is 14.9 Å². The number of hydrogen-bond acceptors (Lipinski definition) is 5. The second-order valence-electron chi connectivity index (χ2n) is 6.83. The molecule has 138 valence electrons. The quantitative estimate of drug-likeness (QED) is 0.830. The van der Waals surface area contributed by atoms with E-state index in [0.29, 0.717) is 32.6 Å². The number of rotatable bonds is 3. The molecule has 2 aliphatic rings. The first-order chi connectivity index (χ1) is 12.6. The van der Waals surface area contributed by atoms with Crippen molar-refractivity contribution in [1.29, 1.82) is 0 Å². The normalized spacial score (nSPS) is 20.7. The lowest BCUT2D eigenvalue weighted by Crippen LogP contribution is -2.54. The van der Waals surface area contributed by atoms with Crippen molar-refractivity contribution >= 4 is 34.6 Å². The van der Waals surface area contributed by atoms with Crippen LogP contribution in [0.5, 0.6) is 0 Å². The van der Waals surface area contributed by atoms with E-state index in [1.807, 2.05) is 34.9 Å². The van der Waals surface area contributed by atoms with Crippen molar-refractivity contribution in [3.05, 3.63) is 29.6 Å². The van der Waals surface area contributed by atoms with Crippen LogP contribution < -0.4 is 5.32 Å². The smallest absolute Gasteiger partial charge is 0.240 e. The Bertz CT molecular complexity index is 822. The second kappa shape index (κ2) is 7.28. The molecule has 2 fully saturated rings. The Hall–Kier alpha value is -2.06. The molecule has 2 saturated heterocycles. The molecule has 3 heterocycles. The SMILES string of the molecule is Cc1nc2ccc(CC(=O)N3CCN(C(=O)C4CSCN4)CC3)cc2[nH]1. The first-order valence-electron chi connectivity index (χ1n) is 8.93. The minimum Gasteiger partial charge on any atom is -0.342 e. The Labute approximate surface area is 156 Å². The van der Waals surface area contributed by atoms with Crippen molar-refractivity contribution in [3.63, 3.8) is 0 Å². The van der Waals surface area contributed by atoms with Gasteiger partial charge in [-0.05, 0) is 24.6 Å². The molecule has 4 rings (SSSR count). The number of hydrogen-bond donors (Lipinski definition) is 2. The highest BCUT2D eigenvalue weighted by atomic mass is 32.2. The number of nitrogens with zero attached hydrogens (tertiary/aromatic N) is 3. The highest BCUT2D eigenvalue weighted by Gasteiger charge is 2.30. The first-order valence-corrected chi connectivity index (χ1v) is 10.1. The van der Waals surface area contributed by atoms with Crippen LogP contribution >= 0.6 is 11.8 Å². The van der Waals surface area contributed by atoms with Crippen molar-refractivity contribution in [3.8, 4) is 0 Å². The summed E-state index contributed by atoms with van der Waals surface area (Å²) in [6.45, 7) is 4.37. The summed E-state index contributed by atoms with van der Waals surface area (Å²) in [5, 5.41) is 3.22. The van der Waals surface area contributed by atoms with Crippen molar-refractivity contribution in [1.82, 2.24) is 25.1 Å². The topological polar surface area (TPSA) is 81.3 Å². The Kier molecular flexibility index (Phi) is 4.86. The third-order valence-corrected chi connectivity index (χ3v) is 5.92. The van der Waals surface area contributed by atoms with Crippen molar-refractivity contribution in [2.75, 3.05) is 37.8 Å². The van der Waals surface area contributed by atoms with Crippen molar-refractivity contribution in [2.24, 2.45) is 0 Å². The van der Waals surface area contributed by atoms with E-state index in [1.165, 1.54) is 0 Å². The van der Waals surface area contributed by atoms with E-state index in [1.54, 1.807) is 11.8 Å². The molecule has 2 amide bonds. The van der Waals surface area contributed by atoms with Gasteiger partial charge in [-0.2, -0.15) is 0 Å². The average Bonchev–Trinajstić information content (AvgIpc) is 3.29. The number of thioether (sulfide) groups is 1. The molecule has 1 aromatic carbocycles. The van der Waals surface area contributed by atoms with Crippen LogP contribution in [0, 0.1) is 6.92 Å². The maximum absolute atomic E-state index is 12.6. The second-order valence-corrected chi connectivity index (χ2v) is 7.86. The van der Waals surface area contributed by atoms with E-state index in [9.17, 15) is 9.59 Å². The van der Waals surface area contributed by atoms with Gasteiger partial charge in [0.05, 0.1) is 23.5 Å². The maximum atomic E-state index is 12.6. The van der Waals surface area contributed by atoms with Crippen LogP contribution in [-0.2, 0) is 16.0 Å². The van der Waals surface area contributed by atoms with Gasteiger partial charge in [0, 0.05) is 37.8 Å². The molecule has 8 heteroatoms. The largest absolute Gasteiger partial charge is 0.342 e. The lowest BCUT2D eigenvalue weighted by atomic mass is 10.1. The zero-order valence-electron chi connectivity index (χ0n) is 14.8. The number of aryl methyl sites for hydroxylation is 1. The molecule has 2 aromatic rings. The van der Waals surface area contributed by atoms with Crippen LogP contribution in [0.25, 0.3) is 11.0 Å². The highest BCUT2D eigenvalue weighted by Crippen LogP contribution is 2.16. The molecule has 26 heavy (non-hydrogen) atoms. The number of nitrogens with one attached hydrogen (secondary N) is 2. The summed E-state index contributed by atoms with van der Waals surface area (Å²) in [4.78, 5) is 36.4. The van der Waals surface area contributed by atoms with Crippen LogP contribution in [0.15, 0.2) is 18.2 Å². The van der Waals surface area contributed by atoms with E-state index in [0.717, 1.165) is 34.1 Å². The summed E-state index contributed by atoms with van der Waals surface area (Å²) >= 11 is 1.75. The summed E-state index contributed by atoms with van der Waals surface area (Å²) in [5.41, 5.74) is 2.87. The molecule has 1 unspecified atom stereocenters. The fourth-order valence-electron chi connectivity index (χ4n) is 3.53. The van der Waals surface area contributed by atoms with E-state index in [4.69, 9.17) is 0 Å². The summed E-state index contributed by atoms with van der Waals surface area (Å²) in [5.74, 6) is 2.84. The molecule has 0 radical (unpaired) electrons. The summed E-state index contributed by atoms with van der Waals surface area (Å²) in [7, 11) is 0. The zero-order valence-corrected chi connectivity index (χ0v) is 15.6. The minimum atomic E-state index is -0.0631. The van der Waals surface area contributed by atoms with Gasteiger partial charge in [0.2, 0.25) is 11.8 Å². The number of H-pyrrole nitrogens is 1. The standard InChI is InChI=1S/C18H23N5O2S/c1-12-20-14-3-2-13(8-15(14)21-12)9-17(24)22-4-6-23(7-5-22)18(25)16-10-26-11-19-16/h2-3,8,16,19H,4-7,9-11H2,1H3,(H,20,21).